The number of halogens is 1. The van der Waals surface area contributed by atoms with Crippen LogP contribution < -0.4 is 10.6 Å². The number of aromatic nitrogens is 1. The zero-order valence-corrected chi connectivity index (χ0v) is 11.5. The zero-order chi connectivity index (χ0) is 15.2. The highest BCUT2D eigenvalue weighted by atomic mass is 19.1. The average molecular weight is 289 g/mol. The minimum atomic E-state index is -0.589. The predicted molar refractivity (Wildman–Crippen MR) is 77.1 cm³/mol. The Morgan fingerprint density at radius 1 is 1.33 bits per heavy atom. The van der Waals surface area contributed by atoms with E-state index in [-0.39, 0.29) is 5.82 Å². The standard InChI is InChI=1S/C15H16FN3O2/c1-10(20)12-6-4-11(5-7-12)9-18-15(21)19-14-13(16)3-2-8-17-14/h2-8,10,20H,9H2,1H3,(H2,17,18,19,21)/t10-/m1/s1. The number of hydrogen-bond donors (Lipinski definition) is 3. The Bertz CT molecular complexity index is 615. The van der Waals surface area contributed by atoms with Crippen LogP contribution in [0.3, 0.4) is 0 Å². The summed E-state index contributed by atoms with van der Waals surface area (Å²) in [4.78, 5) is 15.4. The first-order chi connectivity index (χ1) is 10.1. The molecule has 0 aliphatic carbocycles. The second-order valence-electron chi connectivity index (χ2n) is 4.56. The second kappa shape index (κ2) is 6.81. The monoisotopic (exact) mass is 289 g/mol. The Morgan fingerprint density at radius 2 is 2.05 bits per heavy atom. The van der Waals surface area contributed by atoms with E-state index < -0.39 is 18.0 Å². The van der Waals surface area contributed by atoms with Gasteiger partial charge in [0, 0.05) is 12.7 Å². The number of nitrogens with zero attached hydrogens (tertiary/aromatic N) is 1. The van der Waals surface area contributed by atoms with Gasteiger partial charge >= 0.3 is 6.03 Å². The Balaban J connectivity index is 1.88. The van der Waals surface area contributed by atoms with E-state index in [2.05, 4.69) is 15.6 Å². The van der Waals surface area contributed by atoms with Gasteiger partial charge in [-0.25, -0.2) is 14.2 Å². The van der Waals surface area contributed by atoms with Crippen LogP contribution in [-0.2, 0) is 6.54 Å². The van der Waals surface area contributed by atoms with E-state index in [1.54, 1.807) is 19.1 Å². The van der Waals surface area contributed by atoms with E-state index in [1.165, 1.54) is 18.3 Å². The van der Waals surface area contributed by atoms with E-state index in [4.69, 9.17) is 0 Å². The van der Waals surface area contributed by atoms with E-state index in [0.717, 1.165) is 11.1 Å². The van der Waals surface area contributed by atoms with Crippen molar-refractivity contribution in [3.05, 3.63) is 59.5 Å². The summed E-state index contributed by atoms with van der Waals surface area (Å²) < 4.78 is 13.3. The van der Waals surface area contributed by atoms with Crippen molar-refractivity contribution >= 4 is 11.8 Å². The molecule has 2 aromatic rings. The van der Waals surface area contributed by atoms with Gasteiger partial charge in [-0.15, -0.1) is 0 Å². The molecule has 21 heavy (non-hydrogen) atoms. The zero-order valence-electron chi connectivity index (χ0n) is 11.5. The van der Waals surface area contributed by atoms with Crippen LogP contribution in [0.15, 0.2) is 42.6 Å². The number of hydrogen-bond acceptors (Lipinski definition) is 3. The van der Waals surface area contributed by atoms with E-state index >= 15 is 0 Å². The van der Waals surface area contributed by atoms with E-state index in [9.17, 15) is 14.3 Å². The summed E-state index contributed by atoms with van der Waals surface area (Å²) in [5.41, 5.74) is 1.68. The molecule has 0 spiro atoms. The normalized spacial score (nSPS) is 11.8. The first-order valence-electron chi connectivity index (χ1n) is 6.48. The van der Waals surface area contributed by atoms with Crippen LogP contribution in [0, 0.1) is 5.82 Å². The third-order valence-corrected chi connectivity index (χ3v) is 2.91. The van der Waals surface area contributed by atoms with Crippen LogP contribution in [0.4, 0.5) is 15.0 Å². The van der Waals surface area contributed by atoms with Gasteiger partial charge in [0.25, 0.3) is 0 Å². The van der Waals surface area contributed by atoms with Gasteiger partial charge in [0.2, 0.25) is 0 Å². The number of amides is 2. The number of carbonyl (C=O) groups excluding carboxylic acids is 1. The van der Waals surface area contributed by atoms with Crippen LogP contribution in [0.25, 0.3) is 0 Å². The highest BCUT2D eigenvalue weighted by Gasteiger charge is 2.07. The van der Waals surface area contributed by atoms with Crippen LogP contribution >= 0.6 is 0 Å². The third kappa shape index (κ3) is 4.25. The van der Waals surface area contributed by atoms with Crippen molar-refractivity contribution in [2.24, 2.45) is 0 Å². The van der Waals surface area contributed by atoms with Gasteiger partial charge in [0.05, 0.1) is 6.10 Å². The highest BCUT2D eigenvalue weighted by molar-refractivity contribution is 5.88. The van der Waals surface area contributed by atoms with Crippen molar-refractivity contribution < 1.29 is 14.3 Å². The lowest BCUT2D eigenvalue weighted by molar-refractivity contribution is 0.199. The molecule has 1 atom stereocenters. The number of aliphatic hydroxyl groups is 1. The number of rotatable bonds is 4. The van der Waals surface area contributed by atoms with Gasteiger partial charge in [-0.1, -0.05) is 24.3 Å². The lowest BCUT2D eigenvalue weighted by Gasteiger charge is -2.09. The number of anilines is 1. The largest absolute Gasteiger partial charge is 0.389 e. The van der Waals surface area contributed by atoms with Gasteiger partial charge in [0.1, 0.15) is 0 Å². The Hall–Kier alpha value is -2.47. The average Bonchev–Trinajstić information content (AvgIpc) is 2.48. The Morgan fingerprint density at radius 3 is 2.67 bits per heavy atom. The molecule has 0 aliphatic heterocycles. The molecule has 2 rings (SSSR count). The molecular formula is C15H16FN3O2. The topological polar surface area (TPSA) is 74.2 Å². The van der Waals surface area contributed by atoms with Crippen LogP contribution in [0.1, 0.15) is 24.2 Å². The predicted octanol–water partition coefficient (Wildman–Crippen LogP) is 2.60. The van der Waals surface area contributed by atoms with Gasteiger partial charge in [-0.2, -0.15) is 0 Å². The van der Waals surface area contributed by atoms with Gasteiger partial charge < -0.3 is 10.4 Å². The molecule has 1 heterocycles. The molecule has 5 nitrogen and oxygen atoms in total. The SMILES string of the molecule is C[C@@H](O)c1ccc(CNC(=O)Nc2ncccc2F)cc1. The third-order valence-electron chi connectivity index (χ3n) is 2.91. The smallest absolute Gasteiger partial charge is 0.320 e. The van der Waals surface area contributed by atoms with Gasteiger partial charge in [-0.3, -0.25) is 5.32 Å². The molecule has 0 radical (unpaired) electrons. The van der Waals surface area contributed by atoms with E-state index in [1.807, 2.05) is 12.1 Å². The summed E-state index contributed by atoms with van der Waals surface area (Å²) in [5.74, 6) is -0.701. The summed E-state index contributed by atoms with van der Waals surface area (Å²) >= 11 is 0. The number of pyridine rings is 1. The van der Waals surface area contributed by atoms with Crippen molar-refractivity contribution in [1.29, 1.82) is 0 Å². The van der Waals surface area contributed by atoms with Gasteiger partial charge in [0.15, 0.2) is 11.6 Å². The molecule has 1 aromatic carbocycles. The molecule has 0 bridgehead atoms. The molecule has 3 N–H and O–H groups in total. The molecule has 2 amide bonds. The van der Waals surface area contributed by atoms with Crippen LogP contribution in [-0.4, -0.2) is 16.1 Å². The first kappa shape index (κ1) is 14.9. The number of benzene rings is 1. The maximum Gasteiger partial charge on any atom is 0.320 e. The Labute approximate surface area is 121 Å². The maximum absolute atomic E-state index is 13.3. The number of aliphatic hydroxyl groups excluding tert-OH is 1. The molecule has 0 aliphatic rings. The Kier molecular flexibility index (Phi) is 4.84. The molecule has 6 heteroatoms. The maximum atomic E-state index is 13.3. The summed E-state index contributed by atoms with van der Waals surface area (Å²) in [6, 6.07) is 9.33. The second-order valence-corrected chi connectivity index (χ2v) is 4.56. The fraction of sp³-hybridized carbons (Fsp3) is 0.200. The molecular weight excluding hydrogens is 273 g/mol. The highest BCUT2D eigenvalue weighted by Crippen LogP contribution is 2.12. The van der Waals surface area contributed by atoms with E-state index in [0.29, 0.717) is 6.54 Å². The lowest BCUT2D eigenvalue weighted by Crippen LogP contribution is -2.29. The van der Waals surface area contributed by atoms with Crippen molar-refractivity contribution in [1.82, 2.24) is 10.3 Å². The summed E-state index contributed by atoms with van der Waals surface area (Å²) in [6.45, 7) is 1.97. The molecule has 1 aromatic heterocycles. The minimum Gasteiger partial charge on any atom is -0.389 e. The van der Waals surface area contributed by atoms with Crippen molar-refractivity contribution in [2.75, 3.05) is 5.32 Å². The van der Waals surface area contributed by atoms with Crippen molar-refractivity contribution in [3.63, 3.8) is 0 Å². The molecule has 0 fully saturated rings. The number of urea groups is 1. The quantitative estimate of drug-likeness (QED) is 0.810. The summed E-state index contributed by atoms with van der Waals surface area (Å²) in [7, 11) is 0. The van der Waals surface area contributed by atoms with Gasteiger partial charge in [-0.05, 0) is 30.2 Å². The van der Waals surface area contributed by atoms with Crippen molar-refractivity contribution in [3.8, 4) is 0 Å². The minimum absolute atomic E-state index is 0.112. The molecule has 0 saturated heterocycles. The fourth-order valence-corrected chi connectivity index (χ4v) is 1.73. The van der Waals surface area contributed by atoms with Crippen LogP contribution in [0.5, 0.6) is 0 Å². The number of carbonyl (C=O) groups is 1. The van der Waals surface area contributed by atoms with Crippen molar-refractivity contribution in [2.45, 2.75) is 19.6 Å². The summed E-state index contributed by atoms with van der Waals surface area (Å²) in [6.07, 6.45) is 0.871. The summed E-state index contributed by atoms with van der Waals surface area (Å²) in [5, 5.41) is 14.3. The molecule has 0 saturated carbocycles. The fourth-order valence-electron chi connectivity index (χ4n) is 1.73. The lowest BCUT2D eigenvalue weighted by atomic mass is 10.1. The molecule has 110 valence electrons. The molecule has 0 unspecified atom stereocenters. The first-order valence-corrected chi connectivity index (χ1v) is 6.48. The number of nitrogens with one attached hydrogen (secondary N) is 2. The van der Waals surface area contributed by atoms with Crippen LogP contribution in [0.2, 0.25) is 0 Å².